The van der Waals surface area contributed by atoms with Crippen molar-refractivity contribution in [3.8, 4) is 28.5 Å². The molecule has 0 unspecified atom stereocenters. The Hall–Kier alpha value is -3.15. The molecule has 0 spiro atoms. The minimum absolute atomic E-state index is 0.0228. The van der Waals surface area contributed by atoms with Crippen molar-refractivity contribution in [1.29, 1.82) is 0 Å². The normalized spacial score (nSPS) is 15.6. The highest BCUT2D eigenvalue weighted by Gasteiger charge is 2.41. The first-order valence-electron chi connectivity index (χ1n) is 14.5. The third-order valence-corrected chi connectivity index (χ3v) is 15.8. The van der Waals surface area contributed by atoms with Crippen molar-refractivity contribution < 1.29 is 9.50 Å². The van der Waals surface area contributed by atoms with Crippen LogP contribution in [0.4, 0.5) is 10.2 Å². The fraction of sp³-hybridized carbons (Fsp3) is 0.424. The van der Waals surface area contributed by atoms with E-state index in [2.05, 4.69) is 74.8 Å². The Kier molecular flexibility index (Phi) is 8.06. The zero-order chi connectivity index (χ0) is 29.6. The Morgan fingerprint density at radius 2 is 1.71 bits per heavy atom. The van der Waals surface area contributed by atoms with Gasteiger partial charge in [0.05, 0.1) is 10.9 Å². The van der Waals surface area contributed by atoms with Crippen molar-refractivity contribution in [2.24, 2.45) is 0 Å². The van der Waals surface area contributed by atoms with Gasteiger partial charge in [0.2, 0.25) is 0 Å². The topological polar surface area (TPSA) is 62.1 Å². The molecule has 0 amide bonds. The first-order valence-corrected chi connectivity index (χ1v) is 17.9. The molecule has 5 rings (SSSR count). The summed E-state index contributed by atoms with van der Waals surface area (Å²) >= 11 is 1.37. The van der Waals surface area contributed by atoms with Crippen LogP contribution >= 0.6 is 11.8 Å². The highest BCUT2D eigenvalue weighted by Crippen LogP contribution is 2.43. The quantitative estimate of drug-likeness (QED) is 0.106. The first kappa shape index (κ1) is 29.3. The van der Waals surface area contributed by atoms with Gasteiger partial charge in [-0.05, 0) is 65.2 Å². The summed E-state index contributed by atoms with van der Waals surface area (Å²) in [5, 5.41) is 13.9. The zero-order valence-corrected chi connectivity index (χ0v) is 27.0. The SMILES string of the molecule is CSc1ncc2c(N3CC[C@@H]3C)nc(-c3c(O)ccc4c(C#C[Si](C(C)C)(C(C)C)C(C)C)cccc34)c(F)c2n1. The van der Waals surface area contributed by atoms with E-state index in [0.29, 0.717) is 38.5 Å². The van der Waals surface area contributed by atoms with Crippen LogP contribution in [0.15, 0.2) is 41.7 Å². The fourth-order valence-corrected chi connectivity index (χ4v) is 12.2. The van der Waals surface area contributed by atoms with E-state index in [-0.39, 0.29) is 23.0 Å². The van der Waals surface area contributed by atoms with Crippen LogP contribution in [0.25, 0.3) is 32.9 Å². The minimum Gasteiger partial charge on any atom is -0.507 e. The lowest BCUT2D eigenvalue weighted by Gasteiger charge is -2.40. The van der Waals surface area contributed by atoms with Crippen LogP contribution in [-0.2, 0) is 0 Å². The number of nitrogens with zero attached hydrogens (tertiary/aromatic N) is 4. The van der Waals surface area contributed by atoms with Crippen LogP contribution in [0, 0.1) is 17.3 Å². The molecule has 1 saturated heterocycles. The third kappa shape index (κ3) is 4.87. The number of aromatic hydroxyl groups is 1. The summed E-state index contributed by atoms with van der Waals surface area (Å²) < 4.78 is 16.4. The lowest BCUT2D eigenvalue weighted by molar-refractivity contribution is 0.474. The molecule has 0 saturated carbocycles. The maximum Gasteiger partial charge on any atom is 0.187 e. The van der Waals surface area contributed by atoms with E-state index in [1.165, 1.54) is 11.8 Å². The molecule has 5 nitrogen and oxygen atoms in total. The number of aromatic nitrogens is 3. The number of anilines is 1. The molecule has 3 heterocycles. The van der Waals surface area contributed by atoms with Gasteiger partial charge in [0.25, 0.3) is 0 Å². The molecule has 1 aliphatic rings. The Balaban J connectivity index is 1.77. The predicted molar refractivity (Wildman–Crippen MR) is 173 cm³/mol. The van der Waals surface area contributed by atoms with Gasteiger partial charge in [-0.3, -0.25) is 0 Å². The number of phenolic OH excluding ortho intramolecular Hbond substituents is 1. The van der Waals surface area contributed by atoms with Crippen molar-refractivity contribution >= 4 is 47.3 Å². The summed E-state index contributed by atoms with van der Waals surface area (Å²) in [6.45, 7) is 16.8. The molecule has 41 heavy (non-hydrogen) atoms. The monoisotopic (exact) mass is 586 g/mol. The van der Waals surface area contributed by atoms with Crippen LogP contribution in [0.3, 0.4) is 0 Å². The van der Waals surface area contributed by atoms with Crippen LogP contribution in [0.2, 0.25) is 16.6 Å². The Bertz CT molecular complexity index is 1670. The fourth-order valence-electron chi connectivity index (χ4n) is 6.65. The van der Waals surface area contributed by atoms with Gasteiger partial charge in [0, 0.05) is 24.3 Å². The van der Waals surface area contributed by atoms with E-state index in [1.807, 2.05) is 30.5 Å². The van der Waals surface area contributed by atoms with Gasteiger partial charge in [-0.25, -0.2) is 19.3 Å². The van der Waals surface area contributed by atoms with E-state index < -0.39 is 13.9 Å². The second-order valence-electron chi connectivity index (χ2n) is 12.1. The van der Waals surface area contributed by atoms with Crippen molar-refractivity contribution in [2.75, 3.05) is 17.7 Å². The number of halogens is 1. The Morgan fingerprint density at radius 3 is 2.29 bits per heavy atom. The molecule has 0 aliphatic carbocycles. The molecule has 214 valence electrons. The number of thioether (sulfide) groups is 1. The Labute approximate surface area is 248 Å². The molecule has 0 bridgehead atoms. The first-order chi connectivity index (χ1) is 19.5. The number of pyridine rings is 1. The van der Waals surface area contributed by atoms with E-state index >= 15 is 4.39 Å². The summed E-state index contributed by atoms with van der Waals surface area (Å²) in [5.41, 5.74) is 6.91. The minimum atomic E-state index is -1.96. The van der Waals surface area contributed by atoms with Crippen LogP contribution in [0.1, 0.15) is 60.5 Å². The molecule has 2 aromatic carbocycles. The number of phenols is 1. The summed E-state index contributed by atoms with van der Waals surface area (Å²) in [6.07, 6.45) is 4.57. The van der Waals surface area contributed by atoms with Gasteiger partial charge < -0.3 is 10.0 Å². The summed E-state index contributed by atoms with van der Waals surface area (Å²) in [7, 11) is -1.96. The largest absolute Gasteiger partial charge is 0.507 e. The van der Waals surface area contributed by atoms with Gasteiger partial charge in [-0.2, -0.15) is 0 Å². The summed E-state index contributed by atoms with van der Waals surface area (Å²) in [5.74, 6) is 3.64. The average molecular weight is 587 g/mol. The smallest absolute Gasteiger partial charge is 0.187 e. The van der Waals surface area contributed by atoms with Crippen LogP contribution in [0.5, 0.6) is 5.75 Å². The third-order valence-electron chi connectivity index (χ3n) is 8.97. The number of hydrogen-bond donors (Lipinski definition) is 1. The molecule has 1 atom stereocenters. The summed E-state index contributed by atoms with van der Waals surface area (Å²) in [6, 6.07) is 9.66. The van der Waals surface area contributed by atoms with E-state index in [9.17, 15) is 5.11 Å². The second-order valence-corrected chi connectivity index (χ2v) is 18.4. The molecular formula is C33H39FN4OSSi. The number of hydrogen-bond acceptors (Lipinski definition) is 6. The highest BCUT2D eigenvalue weighted by atomic mass is 32.2. The van der Waals surface area contributed by atoms with E-state index in [4.69, 9.17) is 4.98 Å². The molecule has 2 aromatic heterocycles. The maximum atomic E-state index is 16.4. The van der Waals surface area contributed by atoms with Crippen molar-refractivity contribution in [3.63, 3.8) is 0 Å². The van der Waals surface area contributed by atoms with Crippen LogP contribution < -0.4 is 4.90 Å². The van der Waals surface area contributed by atoms with Gasteiger partial charge in [0.1, 0.15) is 30.9 Å². The summed E-state index contributed by atoms with van der Waals surface area (Å²) in [4.78, 5) is 16.0. The number of fused-ring (bicyclic) bond motifs is 2. The molecule has 8 heteroatoms. The van der Waals surface area contributed by atoms with Gasteiger partial charge in [-0.15, -0.1) is 5.54 Å². The lowest BCUT2D eigenvalue weighted by atomic mass is 9.96. The lowest BCUT2D eigenvalue weighted by Crippen LogP contribution is -2.46. The number of rotatable bonds is 6. The zero-order valence-electron chi connectivity index (χ0n) is 25.2. The molecule has 1 fully saturated rings. The van der Waals surface area contributed by atoms with Gasteiger partial charge in [-0.1, -0.05) is 71.4 Å². The predicted octanol–water partition coefficient (Wildman–Crippen LogP) is 8.58. The van der Waals surface area contributed by atoms with Gasteiger partial charge in [0.15, 0.2) is 11.0 Å². The molecule has 4 aromatic rings. The molecule has 1 N–H and O–H groups in total. The average Bonchev–Trinajstić information content (AvgIpc) is 2.93. The standard InChI is InChI=1S/C33H39FN4OSSi/c1-19(2)41(20(3)4,21(5)6)17-15-23-10-9-11-25-24(23)12-13-27(39)28(25)31-29(34)30-26(18-35-33(37-30)40-8)32(36-31)38-16-14-22(38)7/h9-13,18-22,39H,14,16H2,1-8H3/t22-/m0/s1. The highest BCUT2D eigenvalue weighted by molar-refractivity contribution is 7.98. The van der Waals surface area contributed by atoms with E-state index in [1.54, 1.807) is 12.3 Å². The van der Waals surface area contributed by atoms with Gasteiger partial charge >= 0.3 is 0 Å². The van der Waals surface area contributed by atoms with Crippen LogP contribution in [-0.4, -0.2) is 47.0 Å². The van der Waals surface area contributed by atoms with Crippen molar-refractivity contribution in [1.82, 2.24) is 15.0 Å². The molecule has 0 radical (unpaired) electrons. The van der Waals surface area contributed by atoms with Crippen molar-refractivity contribution in [3.05, 3.63) is 47.9 Å². The molecular weight excluding hydrogens is 548 g/mol. The van der Waals surface area contributed by atoms with Crippen molar-refractivity contribution in [2.45, 2.75) is 82.7 Å². The maximum absolute atomic E-state index is 16.4. The molecule has 1 aliphatic heterocycles. The second kappa shape index (κ2) is 11.3. The van der Waals surface area contributed by atoms with E-state index in [0.717, 1.165) is 29.3 Å². The number of benzene rings is 2. The Morgan fingerprint density at radius 1 is 1.00 bits per heavy atom.